The molecule has 0 radical (unpaired) electrons. The first-order valence-corrected chi connectivity index (χ1v) is 11.7. The number of benzene rings is 2. The number of nitrogens with one attached hydrogen (secondary N) is 1. The molecule has 0 atom stereocenters. The molecule has 0 bridgehead atoms. The Balaban J connectivity index is 1.58. The minimum atomic E-state index is -3.64. The van der Waals surface area contributed by atoms with Crippen LogP contribution in [0.25, 0.3) is 22.2 Å². The van der Waals surface area contributed by atoms with Crippen LogP contribution in [-0.4, -0.2) is 24.9 Å². The Morgan fingerprint density at radius 1 is 1.03 bits per heavy atom. The van der Waals surface area contributed by atoms with Gasteiger partial charge in [0.05, 0.1) is 4.90 Å². The molecule has 3 N–H and O–H groups in total. The van der Waals surface area contributed by atoms with Gasteiger partial charge in [-0.25, -0.2) is 13.1 Å². The van der Waals surface area contributed by atoms with E-state index < -0.39 is 10.0 Å². The predicted octanol–water partition coefficient (Wildman–Crippen LogP) is 3.48. The van der Waals surface area contributed by atoms with E-state index in [4.69, 9.17) is 5.73 Å². The molecular formula is C23H27N3O3S. The molecule has 1 aliphatic carbocycles. The fourth-order valence-electron chi connectivity index (χ4n) is 4.28. The van der Waals surface area contributed by atoms with Gasteiger partial charge in [0.2, 0.25) is 15.9 Å². The zero-order valence-electron chi connectivity index (χ0n) is 17.3. The van der Waals surface area contributed by atoms with Crippen molar-refractivity contribution in [3.8, 4) is 11.3 Å². The second-order valence-electron chi connectivity index (χ2n) is 8.25. The van der Waals surface area contributed by atoms with Crippen LogP contribution in [0.15, 0.2) is 53.4 Å². The van der Waals surface area contributed by atoms with Gasteiger partial charge in [-0.15, -0.1) is 0 Å². The van der Waals surface area contributed by atoms with Crippen LogP contribution in [0.1, 0.15) is 31.2 Å². The van der Waals surface area contributed by atoms with Gasteiger partial charge in [0.25, 0.3) is 0 Å². The molecule has 1 aromatic heterocycles. The topological polar surface area (TPSA) is 94.2 Å². The standard InChI is InChI=1S/C23H27N3O3S/c1-15-3-5-16(6-4-15)22-14-18-13-20(11-12-21(18)26(22)2)30(28,29)25-19-9-7-17(8-10-19)23(24)27/h3-6,11-14,17,19,25H,7-10H2,1-2H3,(H2,24,27). The van der Waals surface area contributed by atoms with E-state index in [-0.39, 0.29) is 22.8 Å². The zero-order chi connectivity index (χ0) is 21.5. The number of primary amides is 1. The fraction of sp³-hybridized carbons (Fsp3) is 0.348. The number of rotatable bonds is 5. The lowest BCUT2D eigenvalue weighted by Crippen LogP contribution is -2.39. The summed E-state index contributed by atoms with van der Waals surface area (Å²) in [7, 11) is -1.65. The molecule has 1 amide bonds. The van der Waals surface area contributed by atoms with Crippen LogP contribution in [0.5, 0.6) is 0 Å². The third-order valence-corrected chi connectivity index (χ3v) is 7.64. The Bertz CT molecular complexity index is 1190. The molecule has 0 unspecified atom stereocenters. The molecule has 1 fully saturated rings. The predicted molar refractivity (Wildman–Crippen MR) is 118 cm³/mol. The van der Waals surface area contributed by atoms with E-state index in [1.165, 1.54) is 5.56 Å². The molecule has 6 nitrogen and oxygen atoms in total. The number of sulfonamides is 1. The summed E-state index contributed by atoms with van der Waals surface area (Å²) in [6, 6.07) is 15.4. The van der Waals surface area contributed by atoms with Crippen molar-refractivity contribution < 1.29 is 13.2 Å². The molecule has 1 aliphatic rings. The van der Waals surface area contributed by atoms with E-state index in [1.807, 2.05) is 19.2 Å². The number of aryl methyl sites for hydroxylation is 2. The second-order valence-corrected chi connectivity index (χ2v) is 9.96. The van der Waals surface area contributed by atoms with Crippen LogP contribution in [0, 0.1) is 12.8 Å². The maximum atomic E-state index is 12.9. The summed E-state index contributed by atoms with van der Waals surface area (Å²) in [6.07, 6.45) is 2.50. The average molecular weight is 426 g/mol. The number of nitrogens with two attached hydrogens (primary N) is 1. The lowest BCUT2D eigenvalue weighted by atomic mass is 9.86. The van der Waals surface area contributed by atoms with Crippen LogP contribution in [0.4, 0.5) is 0 Å². The minimum Gasteiger partial charge on any atom is -0.369 e. The molecule has 4 rings (SSSR count). The molecule has 0 saturated heterocycles. The summed E-state index contributed by atoms with van der Waals surface area (Å²) in [6.45, 7) is 2.05. The van der Waals surface area contributed by atoms with Crippen molar-refractivity contribution >= 4 is 26.8 Å². The van der Waals surface area contributed by atoms with Crippen molar-refractivity contribution in [2.75, 3.05) is 0 Å². The van der Waals surface area contributed by atoms with Crippen molar-refractivity contribution in [3.05, 3.63) is 54.1 Å². The Hall–Kier alpha value is -2.64. The Kier molecular flexibility index (Phi) is 5.42. The van der Waals surface area contributed by atoms with E-state index >= 15 is 0 Å². The minimum absolute atomic E-state index is 0.147. The monoisotopic (exact) mass is 425 g/mol. The largest absolute Gasteiger partial charge is 0.369 e. The molecule has 0 aliphatic heterocycles. The van der Waals surface area contributed by atoms with Crippen molar-refractivity contribution in [1.29, 1.82) is 0 Å². The van der Waals surface area contributed by atoms with Crippen molar-refractivity contribution in [2.45, 2.75) is 43.5 Å². The Morgan fingerprint density at radius 2 is 1.70 bits per heavy atom. The van der Waals surface area contributed by atoms with E-state index in [0.29, 0.717) is 25.7 Å². The van der Waals surface area contributed by atoms with Gasteiger partial charge in [0.1, 0.15) is 0 Å². The van der Waals surface area contributed by atoms with Crippen LogP contribution < -0.4 is 10.5 Å². The van der Waals surface area contributed by atoms with Crippen LogP contribution in [-0.2, 0) is 21.9 Å². The maximum Gasteiger partial charge on any atom is 0.240 e. The summed E-state index contributed by atoms with van der Waals surface area (Å²) >= 11 is 0. The quantitative estimate of drug-likeness (QED) is 0.655. The van der Waals surface area contributed by atoms with Gasteiger partial charge < -0.3 is 10.3 Å². The molecule has 30 heavy (non-hydrogen) atoms. The van der Waals surface area contributed by atoms with Crippen LogP contribution >= 0.6 is 0 Å². The van der Waals surface area contributed by atoms with E-state index in [1.54, 1.807) is 12.1 Å². The average Bonchev–Trinajstić information content (AvgIpc) is 3.05. The molecule has 1 saturated carbocycles. The number of amides is 1. The number of carbonyl (C=O) groups excluding carboxylic acids is 1. The number of carbonyl (C=O) groups is 1. The molecule has 0 spiro atoms. The summed E-state index contributed by atoms with van der Waals surface area (Å²) < 4.78 is 30.8. The van der Waals surface area contributed by atoms with Crippen molar-refractivity contribution in [1.82, 2.24) is 9.29 Å². The third kappa shape index (κ3) is 4.00. The van der Waals surface area contributed by atoms with Crippen LogP contribution in [0.2, 0.25) is 0 Å². The first-order chi connectivity index (χ1) is 14.2. The normalized spacial score (nSPS) is 19.8. The lowest BCUT2D eigenvalue weighted by molar-refractivity contribution is -0.122. The van der Waals surface area contributed by atoms with Gasteiger partial charge in [0.15, 0.2) is 0 Å². The zero-order valence-corrected chi connectivity index (χ0v) is 18.1. The first kappa shape index (κ1) is 20.6. The highest BCUT2D eigenvalue weighted by molar-refractivity contribution is 7.89. The molecular weight excluding hydrogens is 398 g/mol. The van der Waals surface area contributed by atoms with Crippen LogP contribution in [0.3, 0.4) is 0 Å². The summed E-state index contributed by atoms with van der Waals surface area (Å²) in [5, 5.41) is 0.883. The Labute approximate surface area is 177 Å². The third-order valence-electron chi connectivity index (χ3n) is 6.12. The molecule has 158 valence electrons. The molecule has 2 aromatic carbocycles. The van der Waals surface area contributed by atoms with Gasteiger partial charge in [-0.1, -0.05) is 29.8 Å². The smallest absolute Gasteiger partial charge is 0.240 e. The summed E-state index contributed by atoms with van der Waals surface area (Å²) in [5.41, 5.74) is 9.67. The highest BCUT2D eigenvalue weighted by Gasteiger charge is 2.28. The van der Waals surface area contributed by atoms with Gasteiger partial charge >= 0.3 is 0 Å². The van der Waals surface area contributed by atoms with Crippen molar-refractivity contribution in [3.63, 3.8) is 0 Å². The maximum absolute atomic E-state index is 12.9. The SMILES string of the molecule is Cc1ccc(-c2cc3cc(S(=O)(=O)NC4CCC(C(N)=O)CC4)ccc3n2C)cc1. The second kappa shape index (κ2) is 7.89. The molecule has 7 heteroatoms. The number of nitrogens with zero attached hydrogens (tertiary/aromatic N) is 1. The van der Waals surface area contributed by atoms with Gasteiger partial charge in [-0.3, -0.25) is 4.79 Å². The number of hydrogen-bond donors (Lipinski definition) is 2. The first-order valence-electron chi connectivity index (χ1n) is 10.2. The Morgan fingerprint density at radius 3 is 2.33 bits per heavy atom. The van der Waals surface area contributed by atoms with Gasteiger partial charge in [-0.2, -0.15) is 0 Å². The summed E-state index contributed by atoms with van der Waals surface area (Å²) in [5.74, 6) is -0.443. The van der Waals surface area contributed by atoms with Gasteiger partial charge in [-0.05, 0) is 62.4 Å². The fourth-order valence-corrected chi connectivity index (χ4v) is 5.62. The number of fused-ring (bicyclic) bond motifs is 1. The highest BCUT2D eigenvalue weighted by Crippen LogP contribution is 2.30. The number of hydrogen-bond acceptors (Lipinski definition) is 3. The highest BCUT2D eigenvalue weighted by atomic mass is 32.2. The van der Waals surface area contributed by atoms with Gasteiger partial charge in [0, 0.05) is 35.6 Å². The summed E-state index contributed by atoms with van der Waals surface area (Å²) in [4.78, 5) is 11.6. The van der Waals surface area contributed by atoms with Crippen molar-refractivity contribution in [2.24, 2.45) is 18.7 Å². The lowest BCUT2D eigenvalue weighted by Gasteiger charge is -2.27. The van der Waals surface area contributed by atoms with E-state index in [9.17, 15) is 13.2 Å². The molecule has 1 heterocycles. The number of aromatic nitrogens is 1. The van der Waals surface area contributed by atoms with E-state index in [0.717, 1.165) is 22.2 Å². The molecule has 3 aromatic rings. The van der Waals surface area contributed by atoms with E-state index in [2.05, 4.69) is 40.5 Å².